The molecule has 0 aliphatic carbocycles. The highest BCUT2D eigenvalue weighted by Gasteiger charge is 2.24. The van der Waals surface area contributed by atoms with Gasteiger partial charge in [0, 0.05) is 13.1 Å². The van der Waals surface area contributed by atoms with E-state index in [4.69, 9.17) is 0 Å². The third-order valence-corrected chi connectivity index (χ3v) is 6.01. The molecule has 152 valence electrons. The molecule has 1 aromatic heterocycles. The molecule has 0 aliphatic rings. The number of nitrogens with zero attached hydrogens (tertiary/aromatic N) is 3. The van der Waals surface area contributed by atoms with E-state index < -0.39 is 10.0 Å². The van der Waals surface area contributed by atoms with Gasteiger partial charge in [-0.15, -0.1) is 9.19 Å². The van der Waals surface area contributed by atoms with Crippen molar-refractivity contribution in [2.75, 3.05) is 10.6 Å². The highest BCUT2D eigenvalue weighted by atomic mass is 32.2. The van der Waals surface area contributed by atoms with Gasteiger partial charge in [0.25, 0.3) is 10.0 Å². The SMILES string of the molecule is O=S(=O)(c1ccccc1)n1nc(NCc2ccccc2)nc1NCc1ccccc1. The van der Waals surface area contributed by atoms with Gasteiger partial charge in [0.1, 0.15) is 0 Å². The third kappa shape index (κ3) is 4.49. The van der Waals surface area contributed by atoms with Crippen molar-refractivity contribution in [1.82, 2.24) is 14.2 Å². The molecule has 3 aromatic carbocycles. The minimum absolute atomic E-state index is 0.146. The molecule has 0 unspecified atom stereocenters. The van der Waals surface area contributed by atoms with Gasteiger partial charge >= 0.3 is 0 Å². The number of nitrogens with one attached hydrogen (secondary N) is 2. The molecule has 0 aliphatic heterocycles. The second-order valence-corrected chi connectivity index (χ2v) is 8.37. The second kappa shape index (κ2) is 8.79. The topological polar surface area (TPSA) is 88.9 Å². The van der Waals surface area contributed by atoms with Crippen LogP contribution in [0.1, 0.15) is 11.1 Å². The van der Waals surface area contributed by atoms with Crippen LogP contribution in [-0.2, 0) is 23.1 Å². The highest BCUT2D eigenvalue weighted by Crippen LogP contribution is 2.20. The molecule has 0 saturated heterocycles. The first-order valence-corrected chi connectivity index (χ1v) is 10.9. The van der Waals surface area contributed by atoms with Gasteiger partial charge in [0.05, 0.1) is 4.90 Å². The Labute approximate surface area is 175 Å². The second-order valence-electron chi connectivity index (χ2n) is 6.60. The Bertz CT molecular complexity index is 1190. The lowest BCUT2D eigenvalue weighted by Crippen LogP contribution is -2.18. The molecule has 0 atom stereocenters. The lowest BCUT2D eigenvalue weighted by atomic mass is 10.2. The van der Waals surface area contributed by atoms with Crippen molar-refractivity contribution in [1.29, 1.82) is 0 Å². The predicted molar refractivity (Wildman–Crippen MR) is 117 cm³/mol. The first-order valence-electron chi connectivity index (χ1n) is 9.46. The summed E-state index contributed by atoms with van der Waals surface area (Å²) < 4.78 is 27.2. The van der Waals surface area contributed by atoms with Crippen LogP contribution in [0.15, 0.2) is 95.9 Å². The van der Waals surface area contributed by atoms with Crippen LogP contribution in [0.5, 0.6) is 0 Å². The normalized spacial score (nSPS) is 11.2. The van der Waals surface area contributed by atoms with E-state index in [9.17, 15) is 8.42 Å². The van der Waals surface area contributed by atoms with E-state index in [1.165, 1.54) is 12.1 Å². The van der Waals surface area contributed by atoms with Crippen molar-refractivity contribution in [3.63, 3.8) is 0 Å². The first-order chi connectivity index (χ1) is 14.6. The van der Waals surface area contributed by atoms with Crippen LogP contribution in [0.25, 0.3) is 0 Å². The molecule has 1 heterocycles. The molecule has 0 radical (unpaired) electrons. The summed E-state index contributed by atoms with van der Waals surface area (Å²) in [6.07, 6.45) is 0. The number of hydrogen-bond donors (Lipinski definition) is 2. The summed E-state index contributed by atoms with van der Waals surface area (Å²) in [7, 11) is -3.90. The van der Waals surface area contributed by atoms with E-state index in [1.54, 1.807) is 18.2 Å². The molecule has 4 rings (SSSR count). The van der Waals surface area contributed by atoms with Crippen LogP contribution in [0.3, 0.4) is 0 Å². The van der Waals surface area contributed by atoms with Crippen LogP contribution in [0.2, 0.25) is 0 Å². The van der Waals surface area contributed by atoms with E-state index in [-0.39, 0.29) is 16.8 Å². The fourth-order valence-electron chi connectivity index (χ4n) is 2.89. The van der Waals surface area contributed by atoms with Gasteiger partial charge in [-0.3, -0.25) is 0 Å². The van der Waals surface area contributed by atoms with Crippen molar-refractivity contribution >= 4 is 21.9 Å². The summed E-state index contributed by atoms with van der Waals surface area (Å²) in [5.74, 6) is 0.382. The van der Waals surface area contributed by atoms with Gasteiger partial charge in [-0.05, 0) is 23.3 Å². The molecule has 4 aromatic rings. The van der Waals surface area contributed by atoms with Gasteiger partial charge in [-0.25, -0.2) is 0 Å². The summed E-state index contributed by atoms with van der Waals surface area (Å²) in [4.78, 5) is 4.53. The lowest BCUT2D eigenvalue weighted by molar-refractivity contribution is 0.580. The minimum Gasteiger partial charge on any atom is -0.349 e. The molecule has 0 spiro atoms. The molecule has 0 fully saturated rings. The van der Waals surface area contributed by atoms with Crippen LogP contribution < -0.4 is 10.6 Å². The van der Waals surface area contributed by atoms with Crippen molar-refractivity contribution in [2.24, 2.45) is 0 Å². The summed E-state index contributed by atoms with van der Waals surface area (Å²) in [6.45, 7) is 0.899. The van der Waals surface area contributed by atoms with E-state index in [1.807, 2.05) is 60.7 Å². The Morgan fingerprint density at radius 3 is 1.77 bits per heavy atom. The molecule has 30 heavy (non-hydrogen) atoms. The smallest absolute Gasteiger partial charge is 0.286 e. The highest BCUT2D eigenvalue weighted by molar-refractivity contribution is 7.90. The van der Waals surface area contributed by atoms with Crippen molar-refractivity contribution in [3.8, 4) is 0 Å². The summed E-state index contributed by atoms with van der Waals surface area (Å²) in [5.41, 5.74) is 2.04. The largest absolute Gasteiger partial charge is 0.349 e. The average Bonchev–Trinajstić information content (AvgIpc) is 3.22. The Kier molecular flexibility index (Phi) is 5.76. The molecular weight excluding hydrogens is 398 g/mol. The third-order valence-electron chi connectivity index (χ3n) is 4.43. The van der Waals surface area contributed by atoms with E-state index >= 15 is 0 Å². The van der Waals surface area contributed by atoms with E-state index in [0.29, 0.717) is 13.1 Å². The predicted octanol–water partition coefficient (Wildman–Crippen LogP) is 3.74. The zero-order chi connectivity index (χ0) is 20.8. The van der Waals surface area contributed by atoms with E-state index in [0.717, 1.165) is 15.2 Å². The van der Waals surface area contributed by atoms with Crippen molar-refractivity contribution in [2.45, 2.75) is 18.0 Å². The monoisotopic (exact) mass is 419 g/mol. The summed E-state index contributed by atoms with van der Waals surface area (Å²) in [6, 6.07) is 27.6. The number of anilines is 2. The van der Waals surface area contributed by atoms with Gasteiger partial charge < -0.3 is 10.6 Å². The fourth-order valence-corrected chi connectivity index (χ4v) is 4.11. The molecular formula is C22H21N5O2S. The molecule has 0 saturated carbocycles. The Hall–Kier alpha value is -3.65. The number of benzene rings is 3. The Morgan fingerprint density at radius 1 is 0.700 bits per heavy atom. The Morgan fingerprint density at radius 2 is 1.20 bits per heavy atom. The lowest BCUT2D eigenvalue weighted by Gasteiger charge is -2.09. The molecule has 2 N–H and O–H groups in total. The minimum atomic E-state index is -3.90. The average molecular weight is 420 g/mol. The van der Waals surface area contributed by atoms with Crippen LogP contribution in [0.4, 0.5) is 11.9 Å². The van der Waals surface area contributed by atoms with Gasteiger partial charge in [0.15, 0.2) is 0 Å². The maximum Gasteiger partial charge on any atom is 0.286 e. The molecule has 0 bridgehead atoms. The van der Waals surface area contributed by atoms with Gasteiger partial charge in [-0.1, -0.05) is 78.9 Å². The number of aromatic nitrogens is 3. The quantitative estimate of drug-likeness (QED) is 0.452. The van der Waals surface area contributed by atoms with Crippen molar-refractivity contribution < 1.29 is 8.42 Å². The Balaban J connectivity index is 1.63. The molecule has 8 heteroatoms. The van der Waals surface area contributed by atoms with Crippen molar-refractivity contribution in [3.05, 3.63) is 102 Å². The van der Waals surface area contributed by atoms with Crippen LogP contribution in [0, 0.1) is 0 Å². The summed E-state index contributed by atoms with van der Waals surface area (Å²) in [5, 5.41) is 10.4. The van der Waals surface area contributed by atoms with E-state index in [2.05, 4.69) is 20.7 Å². The van der Waals surface area contributed by atoms with Crippen LogP contribution >= 0.6 is 0 Å². The van der Waals surface area contributed by atoms with Gasteiger partial charge in [0.2, 0.25) is 11.9 Å². The maximum absolute atomic E-state index is 13.1. The van der Waals surface area contributed by atoms with Crippen LogP contribution in [-0.4, -0.2) is 22.6 Å². The zero-order valence-electron chi connectivity index (χ0n) is 16.1. The molecule has 0 amide bonds. The fraction of sp³-hybridized carbons (Fsp3) is 0.0909. The maximum atomic E-state index is 13.1. The standard InChI is InChI=1S/C22H21N5O2S/c28-30(29,20-14-8-3-9-15-20)27-22(24-17-19-12-6-2-7-13-19)25-21(26-27)23-16-18-10-4-1-5-11-18/h1-15H,16-17H2,(H2,23,24,25,26). The first kappa shape index (κ1) is 19.7. The number of hydrogen-bond acceptors (Lipinski definition) is 6. The van der Waals surface area contributed by atoms with Gasteiger partial charge in [-0.2, -0.15) is 13.4 Å². The summed E-state index contributed by atoms with van der Waals surface area (Å²) >= 11 is 0. The number of rotatable bonds is 8. The zero-order valence-corrected chi connectivity index (χ0v) is 17.0. The molecule has 7 nitrogen and oxygen atoms in total.